The van der Waals surface area contributed by atoms with E-state index < -0.39 is 6.36 Å². The van der Waals surface area contributed by atoms with Crippen molar-refractivity contribution in [2.75, 3.05) is 0 Å². The molecule has 0 aliphatic heterocycles. The summed E-state index contributed by atoms with van der Waals surface area (Å²) in [5.41, 5.74) is 2.03. The van der Waals surface area contributed by atoms with Crippen LogP contribution in [0.1, 0.15) is 15.9 Å². The maximum atomic E-state index is 12.2. The Morgan fingerprint density at radius 1 is 1.12 bits per heavy atom. The van der Waals surface area contributed by atoms with Crippen LogP contribution in [0, 0.1) is 0 Å². The van der Waals surface area contributed by atoms with Gasteiger partial charge in [-0.25, -0.2) is 0 Å². The molecule has 3 aromatic rings. The first-order chi connectivity index (χ1) is 11.4. The van der Waals surface area contributed by atoms with Gasteiger partial charge in [-0.2, -0.15) is 15.4 Å². The molecule has 0 unspecified atom stereocenters. The number of aromatic nitrogens is 3. The highest BCUT2D eigenvalue weighted by Crippen LogP contribution is 2.23. The second-order valence-corrected chi connectivity index (χ2v) is 4.90. The summed E-state index contributed by atoms with van der Waals surface area (Å²) >= 11 is 0. The Bertz CT molecular complexity index is 876. The average Bonchev–Trinajstić information content (AvgIpc) is 2.99. The monoisotopic (exact) mass is 336 g/mol. The van der Waals surface area contributed by atoms with E-state index in [2.05, 4.69) is 25.5 Å². The lowest BCUT2D eigenvalue weighted by Crippen LogP contribution is -2.23. The number of alkyl halides is 3. The van der Waals surface area contributed by atoms with E-state index in [4.69, 9.17) is 0 Å². The molecule has 0 radical (unpaired) electrons. The number of H-pyrrole nitrogens is 1. The van der Waals surface area contributed by atoms with Gasteiger partial charge in [0.05, 0.1) is 0 Å². The Balaban J connectivity index is 1.66. The lowest BCUT2D eigenvalue weighted by molar-refractivity contribution is -0.274. The maximum Gasteiger partial charge on any atom is 0.573 e. The second kappa shape index (κ2) is 6.19. The third-order valence-corrected chi connectivity index (χ3v) is 3.16. The zero-order chi connectivity index (χ0) is 17.2. The molecule has 1 amide bonds. The van der Waals surface area contributed by atoms with Crippen molar-refractivity contribution < 1.29 is 22.7 Å². The van der Waals surface area contributed by atoms with Crippen LogP contribution in [0.4, 0.5) is 13.2 Å². The highest BCUT2D eigenvalue weighted by molar-refractivity contribution is 5.97. The zero-order valence-electron chi connectivity index (χ0n) is 12.1. The van der Waals surface area contributed by atoms with Crippen LogP contribution in [-0.2, 0) is 6.54 Å². The van der Waals surface area contributed by atoms with Crippen molar-refractivity contribution in [1.82, 2.24) is 20.7 Å². The van der Waals surface area contributed by atoms with Gasteiger partial charge in [-0.1, -0.05) is 12.1 Å². The molecular formula is C15H11F3N4O2. The van der Waals surface area contributed by atoms with Gasteiger partial charge in [-0.3, -0.25) is 4.79 Å². The van der Waals surface area contributed by atoms with Crippen molar-refractivity contribution in [2.24, 2.45) is 0 Å². The zero-order valence-corrected chi connectivity index (χ0v) is 12.1. The SMILES string of the molecule is O=C(NCc1cccc(OC(F)(F)F)c1)c1ccc2n[nH]nc2c1. The highest BCUT2D eigenvalue weighted by atomic mass is 19.4. The minimum absolute atomic E-state index is 0.0603. The fourth-order valence-electron chi connectivity index (χ4n) is 2.12. The Hall–Kier alpha value is -3.10. The van der Waals surface area contributed by atoms with Crippen molar-refractivity contribution in [1.29, 1.82) is 0 Å². The predicted octanol–water partition coefficient (Wildman–Crippen LogP) is 2.79. The Labute approximate surface area is 133 Å². The number of halogens is 3. The molecule has 1 aromatic heterocycles. The number of aromatic amines is 1. The summed E-state index contributed by atoms with van der Waals surface area (Å²) < 4.78 is 40.5. The topological polar surface area (TPSA) is 79.9 Å². The standard InChI is InChI=1S/C15H11F3N4O2/c16-15(17,18)24-11-3-1-2-9(6-11)8-19-14(23)10-4-5-12-13(7-10)21-22-20-12/h1-7H,8H2,(H,19,23)(H,20,21,22). The molecule has 6 nitrogen and oxygen atoms in total. The van der Waals surface area contributed by atoms with Crippen molar-refractivity contribution in [2.45, 2.75) is 12.9 Å². The van der Waals surface area contributed by atoms with Crippen LogP contribution >= 0.6 is 0 Å². The second-order valence-electron chi connectivity index (χ2n) is 4.90. The summed E-state index contributed by atoms with van der Waals surface area (Å²) in [5.74, 6) is -0.708. The molecule has 0 saturated heterocycles. The number of nitrogens with zero attached hydrogens (tertiary/aromatic N) is 2. The van der Waals surface area contributed by atoms with Crippen molar-refractivity contribution in [3.8, 4) is 5.75 Å². The molecule has 0 fully saturated rings. The van der Waals surface area contributed by atoms with Crippen molar-refractivity contribution in [3.63, 3.8) is 0 Å². The number of amides is 1. The molecule has 2 N–H and O–H groups in total. The smallest absolute Gasteiger partial charge is 0.406 e. The minimum atomic E-state index is -4.76. The summed E-state index contributed by atoms with van der Waals surface area (Å²) in [7, 11) is 0. The van der Waals surface area contributed by atoms with Gasteiger partial charge < -0.3 is 10.1 Å². The number of rotatable bonds is 4. The Morgan fingerprint density at radius 2 is 1.92 bits per heavy atom. The van der Waals surface area contributed by atoms with Gasteiger partial charge in [0.1, 0.15) is 16.8 Å². The maximum absolute atomic E-state index is 12.2. The Kier molecular flexibility index (Phi) is 4.07. The highest BCUT2D eigenvalue weighted by Gasteiger charge is 2.31. The van der Waals surface area contributed by atoms with E-state index in [9.17, 15) is 18.0 Å². The van der Waals surface area contributed by atoms with Gasteiger partial charge in [0.2, 0.25) is 0 Å². The van der Waals surface area contributed by atoms with Gasteiger partial charge in [0, 0.05) is 12.1 Å². The lowest BCUT2D eigenvalue weighted by atomic mass is 10.1. The predicted molar refractivity (Wildman–Crippen MR) is 78.2 cm³/mol. The van der Waals surface area contributed by atoms with Crippen LogP contribution in [0.25, 0.3) is 11.0 Å². The van der Waals surface area contributed by atoms with Gasteiger partial charge >= 0.3 is 6.36 Å². The first kappa shape index (κ1) is 15.8. The molecule has 3 rings (SSSR count). The number of nitrogens with one attached hydrogen (secondary N) is 2. The van der Waals surface area contributed by atoms with Crippen LogP contribution in [0.3, 0.4) is 0 Å². The molecular weight excluding hydrogens is 325 g/mol. The van der Waals surface area contributed by atoms with E-state index in [0.29, 0.717) is 22.2 Å². The number of fused-ring (bicyclic) bond motifs is 1. The third kappa shape index (κ3) is 3.80. The number of carbonyl (C=O) groups excluding carboxylic acids is 1. The number of hydrogen-bond donors (Lipinski definition) is 2. The van der Waals surface area contributed by atoms with Gasteiger partial charge in [-0.15, -0.1) is 13.2 Å². The quantitative estimate of drug-likeness (QED) is 0.768. The number of benzene rings is 2. The van der Waals surface area contributed by atoms with E-state index >= 15 is 0 Å². The number of carbonyl (C=O) groups is 1. The van der Waals surface area contributed by atoms with Gasteiger partial charge in [-0.05, 0) is 35.9 Å². The summed E-state index contributed by atoms with van der Waals surface area (Å²) in [6.45, 7) is 0.0603. The third-order valence-electron chi connectivity index (χ3n) is 3.16. The van der Waals surface area contributed by atoms with Crippen LogP contribution in [0.5, 0.6) is 5.75 Å². The number of hydrogen-bond acceptors (Lipinski definition) is 4. The molecule has 0 bridgehead atoms. The summed E-state index contributed by atoms with van der Waals surface area (Å²) in [6.07, 6.45) is -4.76. The summed E-state index contributed by atoms with van der Waals surface area (Å²) in [5, 5.41) is 12.8. The minimum Gasteiger partial charge on any atom is -0.406 e. The first-order valence-electron chi connectivity index (χ1n) is 6.84. The number of ether oxygens (including phenoxy) is 1. The summed E-state index contributed by atoms with van der Waals surface area (Å²) in [4.78, 5) is 12.1. The molecule has 0 atom stereocenters. The van der Waals surface area contributed by atoms with E-state index in [0.717, 1.165) is 0 Å². The summed E-state index contributed by atoms with van der Waals surface area (Å²) in [6, 6.07) is 10.2. The van der Waals surface area contributed by atoms with Crippen molar-refractivity contribution >= 4 is 16.9 Å². The van der Waals surface area contributed by atoms with Gasteiger partial charge in [0.15, 0.2) is 0 Å². The lowest BCUT2D eigenvalue weighted by Gasteiger charge is -2.10. The van der Waals surface area contributed by atoms with Gasteiger partial charge in [0.25, 0.3) is 5.91 Å². The van der Waals surface area contributed by atoms with Crippen molar-refractivity contribution in [3.05, 3.63) is 53.6 Å². The van der Waals surface area contributed by atoms with E-state index in [1.54, 1.807) is 24.3 Å². The molecule has 1 heterocycles. The molecule has 2 aromatic carbocycles. The van der Waals surface area contributed by atoms with E-state index in [1.165, 1.54) is 18.2 Å². The molecule has 124 valence electrons. The van der Waals surface area contributed by atoms with Crippen LogP contribution in [0.2, 0.25) is 0 Å². The fourth-order valence-corrected chi connectivity index (χ4v) is 2.12. The molecule has 0 saturated carbocycles. The molecule has 24 heavy (non-hydrogen) atoms. The van der Waals surface area contributed by atoms with E-state index in [1.807, 2.05) is 0 Å². The first-order valence-corrected chi connectivity index (χ1v) is 6.84. The fraction of sp³-hybridized carbons (Fsp3) is 0.133. The normalized spacial score (nSPS) is 11.5. The molecule has 0 spiro atoms. The average molecular weight is 336 g/mol. The van der Waals surface area contributed by atoms with E-state index in [-0.39, 0.29) is 18.2 Å². The largest absolute Gasteiger partial charge is 0.573 e. The Morgan fingerprint density at radius 3 is 2.71 bits per heavy atom. The van der Waals surface area contributed by atoms with Crippen LogP contribution in [-0.4, -0.2) is 27.7 Å². The molecule has 9 heteroatoms. The van der Waals surface area contributed by atoms with Crippen LogP contribution in [0.15, 0.2) is 42.5 Å². The molecule has 0 aliphatic rings. The van der Waals surface area contributed by atoms with Crippen LogP contribution < -0.4 is 10.1 Å². The molecule has 0 aliphatic carbocycles.